The van der Waals surface area contributed by atoms with Crippen molar-refractivity contribution in [2.24, 2.45) is 5.92 Å². The number of Topliss-reactive ketones (excluding diaryl/α,β-unsaturated/α-hetero) is 1. The summed E-state index contributed by atoms with van der Waals surface area (Å²) in [7, 11) is 1.64. The zero-order valence-electron chi connectivity index (χ0n) is 9.50. The second kappa shape index (κ2) is 6.01. The van der Waals surface area contributed by atoms with E-state index in [0.29, 0.717) is 17.9 Å². The molecular formula is C12H16BrNO2. The van der Waals surface area contributed by atoms with Crippen LogP contribution in [0.5, 0.6) is 0 Å². The molecule has 4 heteroatoms. The molecule has 0 spiro atoms. The maximum Gasteiger partial charge on any atom is 0.165 e. The first-order valence-electron chi connectivity index (χ1n) is 5.14. The van der Waals surface area contributed by atoms with Crippen LogP contribution in [-0.2, 0) is 4.74 Å². The third kappa shape index (κ3) is 3.32. The molecule has 1 rings (SSSR count). The van der Waals surface area contributed by atoms with Gasteiger partial charge >= 0.3 is 0 Å². The Morgan fingerprint density at radius 2 is 2.25 bits per heavy atom. The van der Waals surface area contributed by atoms with Crippen LogP contribution in [0.4, 0.5) is 5.69 Å². The molecule has 0 saturated heterocycles. The van der Waals surface area contributed by atoms with E-state index in [-0.39, 0.29) is 11.7 Å². The first kappa shape index (κ1) is 13.2. The van der Waals surface area contributed by atoms with E-state index < -0.39 is 0 Å². The van der Waals surface area contributed by atoms with E-state index in [1.807, 2.05) is 6.92 Å². The fourth-order valence-corrected chi connectivity index (χ4v) is 1.77. The minimum absolute atomic E-state index is 0.0320. The molecular weight excluding hydrogens is 270 g/mol. The SMILES string of the molecule is COCCC(C)C(=O)c1ccc(N)c(Br)c1. The molecule has 0 aliphatic heterocycles. The van der Waals surface area contributed by atoms with Crippen LogP contribution in [-0.4, -0.2) is 19.5 Å². The van der Waals surface area contributed by atoms with Gasteiger partial charge in [-0.2, -0.15) is 0 Å². The summed E-state index contributed by atoms with van der Waals surface area (Å²) in [6, 6.07) is 5.26. The van der Waals surface area contributed by atoms with Gasteiger partial charge in [-0.3, -0.25) is 4.79 Å². The number of hydrogen-bond acceptors (Lipinski definition) is 3. The van der Waals surface area contributed by atoms with Crippen molar-refractivity contribution < 1.29 is 9.53 Å². The summed E-state index contributed by atoms with van der Waals surface area (Å²) in [4.78, 5) is 12.0. The largest absolute Gasteiger partial charge is 0.398 e. The van der Waals surface area contributed by atoms with Crippen molar-refractivity contribution in [2.75, 3.05) is 19.5 Å². The predicted octanol–water partition coefficient (Wildman–Crippen LogP) is 2.89. The average Bonchev–Trinajstić information content (AvgIpc) is 2.28. The highest BCUT2D eigenvalue weighted by atomic mass is 79.9. The van der Waals surface area contributed by atoms with Gasteiger partial charge in [0.15, 0.2) is 5.78 Å². The van der Waals surface area contributed by atoms with E-state index >= 15 is 0 Å². The number of ether oxygens (including phenoxy) is 1. The number of nitrogens with two attached hydrogens (primary N) is 1. The van der Waals surface area contributed by atoms with Gasteiger partial charge in [-0.1, -0.05) is 6.92 Å². The van der Waals surface area contributed by atoms with Gasteiger partial charge in [0.05, 0.1) is 0 Å². The number of ketones is 1. The topological polar surface area (TPSA) is 52.3 Å². The molecule has 88 valence electrons. The van der Waals surface area contributed by atoms with Crippen LogP contribution in [0.25, 0.3) is 0 Å². The smallest absolute Gasteiger partial charge is 0.165 e. The van der Waals surface area contributed by atoms with Crippen LogP contribution in [0.2, 0.25) is 0 Å². The molecule has 2 N–H and O–H groups in total. The van der Waals surface area contributed by atoms with E-state index in [9.17, 15) is 4.79 Å². The number of nitrogen functional groups attached to an aromatic ring is 1. The number of hydrogen-bond donors (Lipinski definition) is 1. The maximum atomic E-state index is 12.0. The van der Waals surface area contributed by atoms with Crippen LogP contribution in [0.3, 0.4) is 0 Å². The highest BCUT2D eigenvalue weighted by Gasteiger charge is 2.15. The molecule has 0 fully saturated rings. The van der Waals surface area contributed by atoms with Crippen molar-refractivity contribution in [1.82, 2.24) is 0 Å². The molecule has 0 radical (unpaired) electrons. The number of rotatable bonds is 5. The summed E-state index contributed by atoms with van der Waals surface area (Å²) in [6.07, 6.45) is 0.733. The average molecular weight is 286 g/mol. The minimum atomic E-state index is -0.0320. The Bertz CT molecular complexity index is 379. The van der Waals surface area contributed by atoms with Crippen LogP contribution < -0.4 is 5.73 Å². The molecule has 0 saturated carbocycles. The number of anilines is 1. The van der Waals surface area contributed by atoms with Gasteiger partial charge in [0.2, 0.25) is 0 Å². The lowest BCUT2D eigenvalue weighted by Gasteiger charge is -2.10. The number of carbonyl (C=O) groups is 1. The number of benzene rings is 1. The molecule has 16 heavy (non-hydrogen) atoms. The summed E-state index contributed by atoms with van der Waals surface area (Å²) in [5.74, 6) is 0.0909. The lowest BCUT2D eigenvalue weighted by Crippen LogP contribution is -2.13. The molecule has 1 aromatic carbocycles. The van der Waals surface area contributed by atoms with E-state index in [1.54, 1.807) is 25.3 Å². The van der Waals surface area contributed by atoms with Gasteiger partial charge in [-0.05, 0) is 40.5 Å². The van der Waals surface area contributed by atoms with Gasteiger partial charge in [0, 0.05) is 35.4 Å². The predicted molar refractivity (Wildman–Crippen MR) is 68.5 cm³/mol. The van der Waals surface area contributed by atoms with E-state index in [1.165, 1.54) is 0 Å². The zero-order chi connectivity index (χ0) is 12.1. The van der Waals surface area contributed by atoms with Crippen molar-refractivity contribution in [3.8, 4) is 0 Å². The lowest BCUT2D eigenvalue weighted by molar-refractivity contribution is 0.0893. The van der Waals surface area contributed by atoms with Crippen LogP contribution in [0, 0.1) is 5.92 Å². The van der Waals surface area contributed by atoms with Crippen LogP contribution >= 0.6 is 15.9 Å². The number of methoxy groups -OCH3 is 1. The summed E-state index contributed by atoms with van der Waals surface area (Å²) in [5, 5.41) is 0. The Hall–Kier alpha value is -0.870. The molecule has 0 aliphatic carbocycles. The Morgan fingerprint density at radius 3 is 2.81 bits per heavy atom. The van der Waals surface area contributed by atoms with Gasteiger partial charge in [-0.15, -0.1) is 0 Å². The standard InChI is InChI=1S/C12H16BrNO2/c1-8(5-6-16-2)12(15)9-3-4-11(14)10(13)7-9/h3-4,7-8H,5-6,14H2,1-2H3. The molecule has 0 bridgehead atoms. The number of halogens is 1. The first-order chi connectivity index (χ1) is 7.56. The zero-order valence-corrected chi connectivity index (χ0v) is 11.1. The van der Waals surface area contributed by atoms with Gasteiger partial charge in [0.1, 0.15) is 0 Å². The molecule has 1 atom stereocenters. The van der Waals surface area contributed by atoms with Crippen molar-refractivity contribution in [1.29, 1.82) is 0 Å². The lowest BCUT2D eigenvalue weighted by atomic mass is 9.97. The molecule has 1 aromatic rings. The summed E-state index contributed by atoms with van der Waals surface area (Å²) in [6.45, 7) is 2.51. The Balaban J connectivity index is 2.76. The van der Waals surface area contributed by atoms with Crippen molar-refractivity contribution in [2.45, 2.75) is 13.3 Å². The third-order valence-corrected chi connectivity index (χ3v) is 3.17. The molecule has 1 unspecified atom stereocenters. The van der Waals surface area contributed by atoms with Crippen molar-refractivity contribution in [3.05, 3.63) is 28.2 Å². The third-order valence-electron chi connectivity index (χ3n) is 2.49. The summed E-state index contributed by atoms with van der Waals surface area (Å²) < 4.78 is 5.72. The number of carbonyl (C=O) groups excluding carboxylic acids is 1. The molecule has 0 amide bonds. The highest BCUT2D eigenvalue weighted by Crippen LogP contribution is 2.22. The fourth-order valence-electron chi connectivity index (χ4n) is 1.39. The van der Waals surface area contributed by atoms with E-state index in [2.05, 4.69) is 15.9 Å². The quantitative estimate of drug-likeness (QED) is 0.669. The van der Waals surface area contributed by atoms with Crippen molar-refractivity contribution in [3.63, 3.8) is 0 Å². The first-order valence-corrected chi connectivity index (χ1v) is 5.93. The van der Waals surface area contributed by atoms with Crippen LogP contribution in [0.15, 0.2) is 22.7 Å². The second-order valence-corrected chi connectivity index (χ2v) is 4.64. The molecule has 0 heterocycles. The van der Waals surface area contributed by atoms with Crippen LogP contribution in [0.1, 0.15) is 23.7 Å². The highest BCUT2D eigenvalue weighted by molar-refractivity contribution is 9.10. The molecule has 3 nitrogen and oxygen atoms in total. The van der Waals surface area contributed by atoms with Crippen molar-refractivity contribution >= 4 is 27.4 Å². The normalized spacial score (nSPS) is 12.4. The molecule has 0 aliphatic rings. The Kier molecular flexibility index (Phi) is 4.96. The summed E-state index contributed by atoms with van der Waals surface area (Å²) in [5.41, 5.74) is 6.99. The maximum absolute atomic E-state index is 12.0. The van der Waals surface area contributed by atoms with Gasteiger partial charge < -0.3 is 10.5 Å². The summed E-state index contributed by atoms with van der Waals surface area (Å²) >= 11 is 3.31. The fraction of sp³-hybridized carbons (Fsp3) is 0.417. The minimum Gasteiger partial charge on any atom is -0.398 e. The van der Waals surface area contributed by atoms with Gasteiger partial charge in [-0.25, -0.2) is 0 Å². The Morgan fingerprint density at radius 1 is 1.56 bits per heavy atom. The van der Waals surface area contributed by atoms with E-state index in [4.69, 9.17) is 10.5 Å². The Labute approximate surface area is 104 Å². The monoisotopic (exact) mass is 285 g/mol. The molecule has 0 aromatic heterocycles. The van der Waals surface area contributed by atoms with E-state index in [0.717, 1.165) is 10.9 Å². The van der Waals surface area contributed by atoms with Gasteiger partial charge in [0.25, 0.3) is 0 Å². The second-order valence-electron chi connectivity index (χ2n) is 3.78.